The van der Waals surface area contributed by atoms with Crippen LogP contribution in [0.4, 0.5) is 0 Å². The van der Waals surface area contributed by atoms with Gasteiger partial charge in [0.05, 0.1) is 6.04 Å². The van der Waals surface area contributed by atoms with E-state index < -0.39 is 0 Å². The summed E-state index contributed by atoms with van der Waals surface area (Å²) >= 11 is 0. The van der Waals surface area contributed by atoms with Crippen molar-refractivity contribution in [2.75, 3.05) is 33.7 Å². The van der Waals surface area contributed by atoms with Gasteiger partial charge in [-0.15, -0.1) is 0 Å². The number of hydrogen-bond donors (Lipinski definition) is 0. The Labute approximate surface area is 122 Å². The highest BCUT2D eigenvalue weighted by Crippen LogP contribution is 2.27. The molecular formula is C15H28N4O. The maximum absolute atomic E-state index is 5.37. The van der Waals surface area contributed by atoms with Crippen LogP contribution in [-0.4, -0.2) is 53.7 Å². The first-order valence-corrected chi connectivity index (χ1v) is 7.81. The molecule has 1 aliphatic heterocycles. The lowest BCUT2D eigenvalue weighted by molar-refractivity contribution is 0.114. The summed E-state index contributed by atoms with van der Waals surface area (Å²) in [6, 6.07) is 0.248. The normalized spacial score (nSPS) is 19.6. The zero-order chi connectivity index (χ0) is 14.5. The van der Waals surface area contributed by atoms with E-state index in [-0.39, 0.29) is 6.04 Å². The van der Waals surface area contributed by atoms with E-state index in [1.165, 1.54) is 25.8 Å². The van der Waals surface area contributed by atoms with Gasteiger partial charge in [-0.25, -0.2) is 0 Å². The first-order chi connectivity index (χ1) is 9.60. The maximum Gasteiger partial charge on any atom is 0.243 e. The minimum atomic E-state index is 0.248. The Morgan fingerprint density at radius 1 is 1.35 bits per heavy atom. The van der Waals surface area contributed by atoms with Crippen LogP contribution < -0.4 is 0 Å². The highest BCUT2D eigenvalue weighted by molar-refractivity contribution is 4.93. The molecule has 1 fully saturated rings. The smallest absolute Gasteiger partial charge is 0.243 e. The third kappa shape index (κ3) is 4.03. The Kier molecular flexibility index (Phi) is 5.54. The summed E-state index contributed by atoms with van der Waals surface area (Å²) in [7, 11) is 4.30. The van der Waals surface area contributed by atoms with Crippen molar-refractivity contribution in [3.8, 4) is 0 Å². The largest absolute Gasteiger partial charge is 0.338 e. The van der Waals surface area contributed by atoms with Crippen LogP contribution in [0, 0.1) is 5.92 Å². The van der Waals surface area contributed by atoms with E-state index in [0.717, 1.165) is 37.1 Å². The molecule has 0 saturated carbocycles. The fourth-order valence-corrected chi connectivity index (χ4v) is 2.81. The molecule has 1 aromatic rings. The lowest BCUT2D eigenvalue weighted by Gasteiger charge is -2.34. The third-order valence-electron chi connectivity index (χ3n) is 4.34. The molecule has 1 unspecified atom stereocenters. The molecule has 1 saturated heterocycles. The summed E-state index contributed by atoms with van der Waals surface area (Å²) in [5.41, 5.74) is 0. The maximum atomic E-state index is 5.37. The van der Waals surface area contributed by atoms with Gasteiger partial charge in [0.1, 0.15) is 0 Å². The first-order valence-electron chi connectivity index (χ1n) is 7.81. The Morgan fingerprint density at radius 2 is 2.05 bits per heavy atom. The van der Waals surface area contributed by atoms with Gasteiger partial charge in [-0.3, -0.25) is 4.90 Å². The van der Waals surface area contributed by atoms with Crippen LogP contribution in [0.1, 0.15) is 50.9 Å². The molecule has 2 heterocycles. The molecule has 0 amide bonds. The minimum absolute atomic E-state index is 0.248. The predicted octanol–water partition coefficient (Wildman–Crippen LogP) is 2.36. The molecule has 1 atom stereocenters. The zero-order valence-corrected chi connectivity index (χ0v) is 13.3. The van der Waals surface area contributed by atoms with Crippen LogP contribution in [-0.2, 0) is 6.42 Å². The number of piperidine rings is 1. The second kappa shape index (κ2) is 7.18. The van der Waals surface area contributed by atoms with Crippen molar-refractivity contribution in [2.45, 2.75) is 45.6 Å². The van der Waals surface area contributed by atoms with Gasteiger partial charge in [0, 0.05) is 6.42 Å². The van der Waals surface area contributed by atoms with Crippen LogP contribution >= 0.6 is 0 Å². The van der Waals surface area contributed by atoms with Gasteiger partial charge >= 0.3 is 0 Å². The SMILES string of the molecule is CCc1noc(C(C)N2CCC(CCN(C)C)CC2)n1. The highest BCUT2D eigenvalue weighted by Gasteiger charge is 2.26. The number of aryl methyl sites for hydroxylation is 1. The van der Waals surface area contributed by atoms with Crippen molar-refractivity contribution in [1.82, 2.24) is 19.9 Å². The van der Waals surface area contributed by atoms with Gasteiger partial charge < -0.3 is 9.42 Å². The molecule has 114 valence electrons. The van der Waals surface area contributed by atoms with E-state index in [1.807, 2.05) is 0 Å². The lowest BCUT2D eigenvalue weighted by atomic mass is 9.92. The van der Waals surface area contributed by atoms with Crippen molar-refractivity contribution in [3.63, 3.8) is 0 Å². The van der Waals surface area contributed by atoms with E-state index in [4.69, 9.17) is 4.52 Å². The first kappa shape index (κ1) is 15.4. The van der Waals surface area contributed by atoms with E-state index >= 15 is 0 Å². The van der Waals surface area contributed by atoms with Crippen LogP contribution in [0.3, 0.4) is 0 Å². The van der Waals surface area contributed by atoms with Crippen LogP contribution in [0.25, 0.3) is 0 Å². The topological polar surface area (TPSA) is 45.4 Å². The molecule has 1 aromatic heterocycles. The van der Waals surface area contributed by atoms with Gasteiger partial charge in [0.15, 0.2) is 5.82 Å². The standard InChI is InChI=1S/C15H28N4O/c1-5-14-16-15(20-17-14)12(2)19-10-7-13(8-11-19)6-9-18(3)4/h12-13H,5-11H2,1-4H3. The van der Waals surface area contributed by atoms with E-state index in [0.29, 0.717) is 0 Å². The second-order valence-corrected chi connectivity index (χ2v) is 6.15. The van der Waals surface area contributed by atoms with Crippen molar-refractivity contribution < 1.29 is 4.52 Å². The molecule has 0 bridgehead atoms. The average Bonchev–Trinajstić information content (AvgIpc) is 2.94. The molecule has 20 heavy (non-hydrogen) atoms. The minimum Gasteiger partial charge on any atom is -0.338 e. The Balaban J connectivity index is 1.80. The van der Waals surface area contributed by atoms with Gasteiger partial charge in [0.2, 0.25) is 5.89 Å². The van der Waals surface area contributed by atoms with Gasteiger partial charge in [-0.1, -0.05) is 12.1 Å². The number of hydrogen-bond acceptors (Lipinski definition) is 5. The van der Waals surface area contributed by atoms with Gasteiger partial charge in [0.25, 0.3) is 0 Å². The summed E-state index contributed by atoms with van der Waals surface area (Å²) in [6.45, 7) is 7.71. The number of rotatable bonds is 6. The fraction of sp³-hybridized carbons (Fsp3) is 0.867. The second-order valence-electron chi connectivity index (χ2n) is 6.15. The van der Waals surface area contributed by atoms with Crippen LogP contribution in [0.5, 0.6) is 0 Å². The fourth-order valence-electron chi connectivity index (χ4n) is 2.81. The lowest BCUT2D eigenvalue weighted by Crippen LogP contribution is -2.36. The molecule has 5 heteroatoms. The van der Waals surface area contributed by atoms with E-state index in [1.54, 1.807) is 0 Å². The molecule has 5 nitrogen and oxygen atoms in total. The van der Waals surface area contributed by atoms with Gasteiger partial charge in [-0.2, -0.15) is 4.98 Å². The van der Waals surface area contributed by atoms with Crippen molar-refractivity contribution in [1.29, 1.82) is 0 Å². The number of aromatic nitrogens is 2. The van der Waals surface area contributed by atoms with Crippen LogP contribution in [0.2, 0.25) is 0 Å². The molecule has 0 spiro atoms. The quantitative estimate of drug-likeness (QED) is 0.800. The van der Waals surface area contributed by atoms with Crippen molar-refractivity contribution in [2.24, 2.45) is 5.92 Å². The molecule has 0 N–H and O–H groups in total. The monoisotopic (exact) mass is 280 g/mol. The van der Waals surface area contributed by atoms with E-state index in [9.17, 15) is 0 Å². The zero-order valence-electron chi connectivity index (χ0n) is 13.3. The highest BCUT2D eigenvalue weighted by atomic mass is 16.5. The summed E-state index contributed by atoms with van der Waals surface area (Å²) in [5, 5.41) is 4.00. The summed E-state index contributed by atoms with van der Waals surface area (Å²) < 4.78 is 5.37. The third-order valence-corrected chi connectivity index (χ3v) is 4.34. The Bertz CT molecular complexity index is 396. The molecule has 0 radical (unpaired) electrons. The Morgan fingerprint density at radius 3 is 2.60 bits per heavy atom. The predicted molar refractivity (Wildman–Crippen MR) is 79.6 cm³/mol. The summed E-state index contributed by atoms with van der Waals surface area (Å²) in [4.78, 5) is 9.21. The van der Waals surface area contributed by atoms with Crippen molar-refractivity contribution in [3.05, 3.63) is 11.7 Å². The van der Waals surface area contributed by atoms with E-state index in [2.05, 4.69) is 47.9 Å². The Hall–Kier alpha value is -0.940. The average molecular weight is 280 g/mol. The van der Waals surface area contributed by atoms with Crippen LogP contribution in [0.15, 0.2) is 4.52 Å². The number of nitrogens with zero attached hydrogens (tertiary/aromatic N) is 4. The molecule has 0 aromatic carbocycles. The summed E-state index contributed by atoms with van der Waals surface area (Å²) in [6.07, 6.45) is 4.72. The number of likely N-dealkylation sites (tertiary alicyclic amines) is 1. The molecular weight excluding hydrogens is 252 g/mol. The molecule has 2 rings (SSSR count). The van der Waals surface area contributed by atoms with Gasteiger partial charge in [-0.05, 0) is 65.8 Å². The van der Waals surface area contributed by atoms with Crippen molar-refractivity contribution >= 4 is 0 Å². The molecule has 1 aliphatic rings. The molecule has 0 aliphatic carbocycles. The summed E-state index contributed by atoms with van der Waals surface area (Å²) in [5.74, 6) is 2.45.